The van der Waals surface area contributed by atoms with Crippen LogP contribution in [0.15, 0.2) is 59.7 Å². The molecule has 7 heteroatoms. The van der Waals surface area contributed by atoms with Crippen LogP contribution in [0.2, 0.25) is 0 Å². The van der Waals surface area contributed by atoms with Gasteiger partial charge in [0.2, 0.25) is 6.54 Å². The van der Waals surface area contributed by atoms with Crippen molar-refractivity contribution in [1.82, 2.24) is 4.98 Å². The highest BCUT2D eigenvalue weighted by Crippen LogP contribution is 2.41. The van der Waals surface area contributed by atoms with E-state index in [1.54, 1.807) is 6.08 Å². The number of ether oxygens (including phenoxy) is 2. The molecule has 3 rings (SSSR count). The van der Waals surface area contributed by atoms with Crippen LogP contribution in [0.3, 0.4) is 0 Å². The van der Waals surface area contributed by atoms with E-state index in [1.807, 2.05) is 49.5 Å². The first-order valence-corrected chi connectivity index (χ1v) is 9.72. The lowest BCUT2D eigenvalue weighted by molar-refractivity contribution is -0.481. The van der Waals surface area contributed by atoms with E-state index in [1.165, 1.54) is 0 Å². The van der Waals surface area contributed by atoms with Crippen molar-refractivity contribution < 1.29 is 14.4 Å². The molecule has 0 radical (unpaired) electrons. The Morgan fingerprint density at radius 2 is 2.11 bits per heavy atom. The van der Waals surface area contributed by atoms with Crippen molar-refractivity contribution in [2.45, 2.75) is 12.8 Å². The topological polar surface area (TPSA) is 77.4 Å². The summed E-state index contributed by atoms with van der Waals surface area (Å²) in [5.41, 5.74) is 2.60. The van der Waals surface area contributed by atoms with Crippen molar-refractivity contribution in [2.24, 2.45) is 0 Å². The Kier molecular flexibility index (Phi) is 6.36. The van der Waals surface area contributed by atoms with Crippen LogP contribution in [0.5, 0.6) is 11.5 Å². The maximum absolute atomic E-state index is 11.4. The van der Waals surface area contributed by atoms with E-state index in [2.05, 4.69) is 27.5 Å². The van der Waals surface area contributed by atoms with Gasteiger partial charge in [0.05, 0.1) is 17.0 Å². The van der Waals surface area contributed by atoms with E-state index in [4.69, 9.17) is 9.47 Å². The van der Waals surface area contributed by atoms with Crippen LogP contribution < -0.4 is 9.47 Å². The highest BCUT2D eigenvalue weighted by Gasteiger charge is 2.26. The lowest BCUT2D eigenvalue weighted by atomic mass is 9.90. The van der Waals surface area contributed by atoms with Crippen molar-refractivity contribution in [3.63, 3.8) is 0 Å². The number of nitro groups is 1. The molecule has 0 saturated carbocycles. The van der Waals surface area contributed by atoms with Gasteiger partial charge in [-0.3, -0.25) is 10.1 Å². The van der Waals surface area contributed by atoms with Gasteiger partial charge in [-0.25, -0.2) is 0 Å². The number of H-pyrrole nitrogens is 1. The molecule has 0 aliphatic heterocycles. The van der Waals surface area contributed by atoms with Gasteiger partial charge in [-0.1, -0.05) is 30.9 Å². The fourth-order valence-corrected chi connectivity index (χ4v) is 3.82. The summed E-state index contributed by atoms with van der Waals surface area (Å²) in [6, 6.07) is 11.5. The number of hydrogen-bond donors (Lipinski definition) is 1. The molecule has 2 aromatic carbocycles. The molecular weight excluding hydrogens is 424 g/mol. The Bertz CT molecular complexity index is 999. The minimum atomic E-state index is -0.435. The first kappa shape index (κ1) is 19.9. The summed E-state index contributed by atoms with van der Waals surface area (Å²) in [6.45, 7) is 6.10. The average Bonchev–Trinajstić information content (AvgIpc) is 3.09. The van der Waals surface area contributed by atoms with Crippen LogP contribution in [0.4, 0.5) is 0 Å². The fourth-order valence-electron chi connectivity index (χ4n) is 3.25. The summed E-state index contributed by atoms with van der Waals surface area (Å²) < 4.78 is 12.1. The summed E-state index contributed by atoms with van der Waals surface area (Å²) >= 11 is 3.53. The molecule has 0 unspecified atom stereocenters. The molecule has 0 fully saturated rings. The third-order valence-corrected chi connectivity index (χ3v) is 5.00. The Morgan fingerprint density at radius 1 is 1.32 bits per heavy atom. The second-order valence-corrected chi connectivity index (χ2v) is 7.07. The number of fused-ring (bicyclic) bond motifs is 1. The Labute approximate surface area is 171 Å². The molecule has 28 heavy (non-hydrogen) atoms. The number of rotatable bonds is 9. The van der Waals surface area contributed by atoms with Gasteiger partial charge in [0.25, 0.3) is 0 Å². The van der Waals surface area contributed by atoms with E-state index < -0.39 is 5.92 Å². The molecule has 146 valence electrons. The van der Waals surface area contributed by atoms with Crippen molar-refractivity contribution in [1.29, 1.82) is 0 Å². The molecule has 0 aliphatic rings. The molecule has 0 spiro atoms. The van der Waals surface area contributed by atoms with Gasteiger partial charge in [0, 0.05) is 22.0 Å². The number of aromatic nitrogens is 1. The molecule has 0 aliphatic carbocycles. The molecule has 0 bridgehead atoms. The van der Waals surface area contributed by atoms with Gasteiger partial charge in [-0.2, -0.15) is 0 Å². The van der Waals surface area contributed by atoms with Gasteiger partial charge < -0.3 is 14.5 Å². The molecule has 3 aromatic rings. The van der Waals surface area contributed by atoms with Crippen LogP contribution in [-0.4, -0.2) is 29.7 Å². The lowest BCUT2D eigenvalue weighted by Crippen LogP contribution is -2.14. The Hall–Kier alpha value is -2.80. The second kappa shape index (κ2) is 8.93. The van der Waals surface area contributed by atoms with Gasteiger partial charge in [0.1, 0.15) is 6.61 Å². The number of hydrogen-bond acceptors (Lipinski definition) is 4. The normalized spacial score (nSPS) is 11.9. The number of aromatic amines is 1. The monoisotopic (exact) mass is 444 g/mol. The summed E-state index contributed by atoms with van der Waals surface area (Å²) in [6.07, 6.45) is 3.49. The summed E-state index contributed by atoms with van der Waals surface area (Å²) in [7, 11) is 0. The number of halogens is 1. The predicted octanol–water partition coefficient (Wildman–Crippen LogP) is 5.30. The van der Waals surface area contributed by atoms with E-state index >= 15 is 0 Å². The van der Waals surface area contributed by atoms with E-state index in [0.29, 0.717) is 29.2 Å². The third-order valence-electron chi connectivity index (χ3n) is 4.41. The molecule has 6 nitrogen and oxygen atoms in total. The molecule has 1 heterocycles. The van der Waals surface area contributed by atoms with Gasteiger partial charge >= 0.3 is 0 Å². The molecule has 1 N–H and O–H groups in total. The quantitative estimate of drug-likeness (QED) is 0.275. The molecule has 1 aromatic heterocycles. The zero-order valence-corrected chi connectivity index (χ0v) is 17.1. The average molecular weight is 445 g/mol. The Morgan fingerprint density at radius 3 is 2.82 bits per heavy atom. The van der Waals surface area contributed by atoms with Crippen LogP contribution >= 0.6 is 15.9 Å². The van der Waals surface area contributed by atoms with Crippen molar-refractivity contribution in [3.05, 3.63) is 81.0 Å². The second-order valence-electron chi connectivity index (χ2n) is 6.22. The highest BCUT2D eigenvalue weighted by molar-refractivity contribution is 9.10. The predicted molar refractivity (Wildman–Crippen MR) is 113 cm³/mol. The number of nitrogens with one attached hydrogen (secondary N) is 1. The lowest BCUT2D eigenvalue weighted by Gasteiger charge is -2.18. The molecular formula is C21H21BrN2O4. The van der Waals surface area contributed by atoms with E-state index in [0.717, 1.165) is 22.0 Å². The molecule has 0 amide bonds. The van der Waals surface area contributed by atoms with Crippen LogP contribution in [0.25, 0.3) is 10.9 Å². The highest BCUT2D eigenvalue weighted by atomic mass is 79.9. The summed E-state index contributed by atoms with van der Waals surface area (Å²) in [4.78, 5) is 14.3. The van der Waals surface area contributed by atoms with Crippen molar-refractivity contribution in [2.75, 3.05) is 19.8 Å². The van der Waals surface area contributed by atoms with Crippen LogP contribution in [0, 0.1) is 10.1 Å². The van der Waals surface area contributed by atoms with E-state index in [-0.39, 0.29) is 11.5 Å². The number of nitrogens with zero attached hydrogens (tertiary/aromatic N) is 1. The number of para-hydroxylation sites is 1. The maximum atomic E-state index is 11.4. The van der Waals surface area contributed by atoms with Crippen molar-refractivity contribution in [3.8, 4) is 11.5 Å². The van der Waals surface area contributed by atoms with Gasteiger partial charge in [0.15, 0.2) is 11.5 Å². The first-order valence-electron chi connectivity index (χ1n) is 8.92. The number of benzene rings is 2. The standard InChI is InChI=1S/C21H21BrN2O4/c1-3-9-28-21-18(22)10-14(11-20(21)27-4-2)17(13-24(25)26)16-12-23-19-8-6-5-7-15(16)19/h3,5-8,10-12,17,23H,1,4,9,13H2,2H3/t17-/m0/s1. The maximum Gasteiger partial charge on any atom is 0.214 e. The first-order chi connectivity index (χ1) is 13.5. The largest absolute Gasteiger partial charge is 0.490 e. The Balaban J connectivity index is 2.12. The molecule has 0 saturated heterocycles. The summed E-state index contributed by atoms with van der Waals surface area (Å²) in [5, 5.41) is 12.4. The zero-order chi connectivity index (χ0) is 20.1. The van der Waals surface area contributed by atoms with E-state index in [9.17, 15) is 10.1 Å². The van der Waals surface area contributed by atoms with Crippen LogP contribution in [-0.2, 0) is 0 Å². The van der Waals surface area contributed by atoms with Gasteiger partial charge in [-0.15, -0.1) is 0 Å². The zero-order valence-electron chi connectivity index (χ0n) is 15.5. The molecule has 1 atom stereocenters. The van der Waals surface area contributed by atoms with Crippen molar-refractivity contribution >= 4 is 26.8 Å². The summed E-state index contributed by atoms with van der Waals surface area (Å²) in [5.74, 6) is 0.668. The fraction of sp³-hybridized carbons (Fsp3) is 0.238. The SMILES string of the molecule is C=CCOc1c(Br)cc([C@H](C[N+](=O)[O-])c2c[nH]c3ccccc23)cc1OCC. The van der Waals surface area contributed by atoms with Crippen LogP contribution in [0.1, 0.15) is 24.0 Å². The minimum absolute atomic E-state index is 0.229. The third kappa shape index (κ3) is 4.20. The van der Waals surface area contributed by atoms with Gasteiger partial charge in [-0.05, 0) is 52.2 Å². The minimum Gasteiger partial charge on any atom is -0.490 e. The smallest absolute Gasteiger partial charge is 0.214 e.